The lowest BCUT2D eigenvalue weighted by Gasteiger charge is -2.31. The molecule has 0 radical (unpaired) electrons. The van der Waals surface area contributed by atoms with Gasteiger partial charge in [0.1, 0.15) is 5.82 Å². The van der Waals surface area contributed by atoms with Crippen LogP contribution in [0.3, 0.4) is 0 Å². The summed E-state index contributed by atoms with van der Waals surface area (Å²) in [6, 6.07) is 11.9. The van der Waals surface area contributed by atoms with E-state index in [0.29, 0.717) is 5.92 Å². The summed E-state index contributed by atoms with van der Waals surface area (Å²) >= 11 is 0. The molecule has 1 heteroatoms. The van der Waals surface area contributed by atoms with Crippen molar-refractivity contribution < 1.29 is 4.39 Å². The molecule has 4 rings (SSSR count). The minimum Gasteiger partial charge on any atom is -0.207 e. The minimum atomic E-state index is -0.137. The normalized spacial score (nSPS) is 22.2. The van der Waals surface area contributed by atoms with Crippen LogP contribution in [0.15, 0.2) is 48.6 Å². The van der Waals surface area contributed by atoms with Gasteiger partial charge in [0.05, 0.1) is 0 Å². The fraction of sp³-hybridized carbons (Fsp3) is 0.440. The molecular weight excluding hydrogens is 319 g/mol. The Kier molecular flexibility index (Phi) is 5.24. The maximum Gasteiger partial charge on any atom is 0.123 e. The Bertz CT molecular complexity index is 785. The fourth-order valence-corrected chi connectivity index (χ4v) is 4.83. The fourth-order valence-electron chi connectivity index (χ4n) is 4.83. The van der Waals surface area contributed by atoms with E-state index < -0.39 is 0 Å². The number of benzene rings is 2. The first-order chi connectivity index (χ1) is 12.7. The van der Waals surface area contributed by atoms with Crippen LogP contribution in [0.1, 0.15) is 66.3 Å². The van der Waals surface area contributed by atoms with Crippen LogP contribution in [0, 0.1) is 11.7 Å². The average Bonchev–Trinajstić information content (AvgIpc) is 2.68. The van der Waals surface area contributed by atoms with Gasteiger partial charge in [-0.1, -0.05) is 49.8 Å². The van der Waals surface area contributed by atoms with Crippen molar-refractivity contribution in [2.75, 3.05) is 0 Å². The summed E-state index contributed by atoms with van der Waals surface area (Å²) < 4.78 is 13.2. The molecule has 0 saturated heterocycles. The quantitative estimate of drug-likeness (QED) is 0.549. The molecule has 2 aromatic carbocycles. The smallest absolute Gasteiger partial charge is 0.123 e. The molecule has 0 N–H and O–H groups in total. The first-order valence-electron chi connectivity index (χ1n) is 10.3. The molecule has 136 valence electrons. The predicted octanol–water partition coefficient (Wildman–Crippen LogP) is 6.56. The van der Waals surface area contributed by atoms with Crippen molar-refractivity contribution in [2.24, 2.45) is 5.92 Å². The molecule has 2 aromatic rings. The lowest BCUT2D eigenvalue weighted by Crippen LogP contribution is -2.20. The largest absolute Gasteiger partial charge is 0.207 e. The highest BCUT2D eigenvalue weighted by molar-refractivity contribution is 5.45. The standard InChI is InChI=1S/C25H29F/c1-2-3-4-5-18-6-14-24-21(16-18)7-8-22-17-20(11-15-25(22)24)19-9-12-23(26)13-10-19/h4-5,7-10,12-13,18,20H,2-3,6,11,14-17H2,1H3/b5-4+. The molecule has 0 spiro atoms. The van der Waals surface area contributed by atoms with E-state index in [9.17, 15) is 4.39 Å². The van der Waals surface area contributed by atoms with Crippen LogP contribution in [0.25, 0.3) is 0 Å². The van der Waals surface area contributed by atoms with E-state index in [2.05, 4.69) is 31.2 Å². The molecule has 0 aliphatic heterocycles. The highest BCUT2D eigenvalue weighted by Crippen LogP contribution is 2.38. The molecule has 0 heterocycles. The van der Waals surface area contributed by atoms with Crippen LogP contribution in [-0.4, -0.2) is 0 Å². The highest BCUT2D eigenvalue weighted by atomic mass is 19.1. The van der Waals surface area contributed by atoms with Gasteiger partial charge in [0.15, 0.2) is 0 Å². The average molecular weight is 349 g/mol. The maximum absolute atomic E-state index is 13.2. The first kappa shape index (κ1) is 17.5. The molecule has 2 aliphatic carbocycles. The number of hydrogen-bond donors (Lipinski definition) is 0. The van der Waals surface area contributed by atoms with Crippen LogP contribution in [0.5, 0.6) is 0 Å². The van der Waals surface area contributed by atoms with Crippen molar-refractivity contribution in [3.63, 3.8) is 0 Å². The zero-order chi connectivity index (χ0) is 17.9. The summed E-state index contributed by atoms with van der Waals surface area (Å²) in [6.45, 7) is 2.24. The van der Waals surface area contributed by atoms with E-state index in [4.69, 9.17) is 0 Å². The van der Waals surface area contributed by atoms with E-state index in [1.54, 1.807) is 28.8 Å². The van der Waals surface area contributed by atoms with Gasteiger partial charge in [-0.25, -0.2) is 4.39 Å². The number of allylic oxidation sites excluding steroid dienone is 2. The van der Waals surface area contributed by atoms with Gasteiger partial charge in [-0.05, 0) is 96.7 Å². The Morgan fingerprint density at radius 1 is 0.923 bits per heavy atom. The Morgan fingerprint density at radius 3 is 2.35 bits per heavy atom. The first-order valence-corrected chi connectivity index (χ1v) is 10.3. The van der Waals surface area contributed by atoms with Gasteiger partial charge in [0, 0.05) is 0 Å². The Morgan fingerprint density at radius 2 is 1.62 bits per heavy atom. The lowest BCUT2D eigenvalue weighted by molar-refractivity contribution is 0.532. The number of fused-ring (bicyclic) bond motifs is 3. The predicted molar refractivity (Wildman–Crippen MR) is 107 cm³/mol. The van der Waals surface area contributed by atoms with Gasteiger partial charge >= 0.3 is 0 Å². The van der Waals surface area contributed by atoms with E-state index in [1.165, 1.54) is 56.1 Å². The van der Waals surface area contributed by atoms with Crippen LogP contribution in [0.4, 0.5) is 4.39 Å². The van der Waals surface area contributed by atoms with Crippen molar-refractivity contribution in [2.45, 2.75) is 64.2 Å². The molecule has 26 heavy (non-hydrogen) atoms. The van der Waals surface area contributed by atoms with Gasteiger partial charge in [-0.15, -0.1) is 0 Å². The van der Waals surface area contributed by atoms with E-state index >= 15 is 0 Å². The second-order valence-electron chi connectivity index (χ2n) is 8.05. The van der Waals surface area contributed by atoms with E-state index in [0.717, 1.165) is 12.3 Å². The van der Waals surface area contributed by atoms with Crippen molar-refractivity contribution in [1.29, 1.82) is 0 Å². The third-order valence-corrected chi connectivity index (χ3v) is 6.29. The topological polar surface area (TPSA) is 0 Å². The van der Waals surface area contributed by atoms with Crippen LogP contribution >= 0.6 is 0 Å². The van der Waals surface area contributed by atoms with Crippen molar-refractivity contribution >= 4 is 0 Å². The summed E-state index contributed by atoms with van der Waals surface area (Å²) in [4.78, 5) is 0. The molecule has 0 amide bonds. The second-order valence-corrected chi connectivity index (χ2v) is 8.05. The van der Waals surface area contributed by atoms with Gasteiger partial charge in [-0.3, -0.25) is 0 Å². The number of hydrogen-bond acceptors (Lipinski definition) is 0. The molecule has 0 aromatic heterocycles. The van der Waals surface area contributed by atoms with Crippen LogP contribution < -0.4 is 0 Å². The van der Waals surface area contributed by atoms with Crippen LogP contribution in [0.2, 0.25) is 0 Å². The SMILES string of the molecule is CCC/C=C/C1CCc2c(ccc3c2CCC(c2ccc(F)cc2)C3)C1. The summed E-state index contributed by atoms with van der Waals surface area (Å²) in [6.07, 6.45) is 14.5. The molecule has 0 nitrogen and oxygen atoms in total. The maximum atomic E-state index is 13.2. The lowest BCUT2D eigenvalue weighted by atomic mass is 9.74. The van der Waals surface area contributed by atoms with E-state index in [1.807, 2.05) is 12.1 Å². The minimum absolute atomic E-state index is 0.137. The number of unbranched alkanes of at least 4 members (excludes halogenated alkanes) is 1. The van der Waals surface area contributed by atoms with Gasteiger partial charge in [-0.2, -0.15) is 0 Å². The van der Waals surface area contributed by atoms with Crippen molar-refractivity contribution in [3.05, 3.63) is 82.2 Å². The molecule has 0 fully saturated rings. The van der Waals surface area contributed by atoms with Gasteiger partial charge in [0.25, 0.3) is 0 Å². The molecular formula is C25H29F. The summed E-state index contributed by atoms with van der Waals surface area (Å²) in [5.74, 6) is 1.12. The summed E-state index contributed by atoms with van der Waals surface area (Å²) in [7, 11) is 0. The molecule has 2 atom stereocenters. The third kappa shape index (κ3) is 3.63. The Balaban J connectivity index is 1.51. The Hall–Kier alpha value is -1.89. The van der Waals surface area contributed by atoms with Crippen molar-refractivity contribution in [1.82, 2.24) is 0 Å². The highest BCUT2D eigenvalue weighted by Gasteiger charge is 2.26. The van der Waals surface area contributed by atoms with Crippen LogP contribution in [-0.2, 0) is 25.7 Å². The van der Waals surface area contributed by atoms with Gasteiger partial charge in [0.2, 0.25) is 0 Å². The molecule has 0 saturated carbocycles. The number of rotatable bonds is 4. The zero-order valence-electron chi connectivity index (χ0n) is 15.8. The number of halogens is 1. The van der Waals surface area contributed by atoms with E-state index in [-0.39, 0.29) is 5.82 Å². The van der Waals surface area contributed by atoms with Crippen molar-refractivity contribution in [3.8, 4) is 0 Å². The van der Waals surface area contributed by atoms with Gasteiger partial charge < -0.3 is 0 Å². The zero-order valence-corrected chi connectivity index (χ0v) is 15.8. The summed E-state index contributed by atoms with van der Waals surface area (Å²) in [5.41, 5.74) is 7.69. The molecule has 0 bridgehead atoms. The summed E-state index contributed by atoms with van der Waals surface area (Å²) in [5, 5.41) is 0. The third-order valence-electron chi connectivity index (χ3n) is 6.29. The Labute approximate surface area is 157 Å². The molecule has 2 unspecified atom stereocenters. The monoisotopic (exact) mass is 348 g/mol. The molecule has 2 aliphatic rings. The second kappa shape index (κ2) is 7.78.